The summed E-state index contributed by atoms with van der Waals surface area (Å²) in [4.78, 5) is 11.9. The van der Waals surface area contributed by atoms with Crippen LogP contribution in [0.15, 0.2) is 42.6 Å². The normalized spacial score (nSPS) is 23.2. The van der Waals surface area contributed by atoms with Crippen LogP contribution in [0.1, 0.15) is 42.4 Å². The molecule has 1 aromatic heterocycles. The molecule has 37 heavy (non-hydrogen) atoms. The number of benzene rings is 2. The van der Waals surface area contributed by atoms with Gasteiger partial charge in [-0.25, -0.2) is 4.98 Å². The average molecular weight is 536 g/mol. The molecule has 8 heteroatoms. The lowest BCUT2D eigenvalue weighted by Crippen LogP contribution is -2.37. The third-order valence-electron chi connectivity index (χ3n) is 8.30. The minimum Gasteiger partial charge on any atom is -0.338 e. The molecular weight excluding hydrogens is 501 g/mol. The van der Waals surface area contributed by atoms with E-state index >= 15 is 0 Å². The van der Waals surface area contributed by atoms with Crippen molar-refractivity contribution in [2.75, 3.05) is 30.5 Å². The van der Waals surface area contributed by atoms with Crippen molar-refractivity contribution in [1.82, 2.24) is 14.9 Å². The van der Waals surface area contributed by atoms with Gasteiger partial charge in [0.2, 0.25) is 5.95 Å². The Bertz CT molecular complexity index is 1380. The smallest absolute Gasteiger partial charge is 0.229 e. The van der Waals surface area contributed by atoms with Crippen LogP contribution >= 0.6 is 18.7 Å². The van der Waals surface area contributed by atoms with Crippen LogP contribution in [0.3, 0.4) is 0 Å². The van der Waals surface area contributed by atoms with E-state index in [1.54, 1.807) is 19.5 Å². The predicted molar refractivity (Wildman–Crippen MR) is 154 cm³/mol. The van der Waals surface area contributed by atoms with Crippen molar-refractivity contribution in [2.45, 2.75) is 57.5 Å². The number of halogens is 1. The fraction of sp³-hybridized carbons (Fsp3) is 0.448. The number of nitrogens with zero attached hydrogens (tertiary/aromatic N) is 3. The first kappa shape index (κ1) is 24.9. The fourth-order valence-electron chi connectivity index (χ4n) is 6.28. The van der Waals surface area contributed by atoms with Gasteiger partial charge in [0.15, 0.2) is 5.82 Å². The largest absolute Gasteiger partial charge is 0.338 e. The third-order valence-corrected chi connectivity index (χ3v) is 10.1. The van der Waals surface area contributed by atoms with E-state index in [1.807, 2.05) is 25.1 Å². The molecule has 3 fully saturated rings. The molecule has 0 radical (unpaired) electrons. The fourth-order valence-corrected chi connectivity index (χ4v) is 7.64. The summed E-state index contributed by atoms with van der Waals surface area (Å²) < 4.78 is 12.9. The molecule has 2 N–H and O–H groups in total. The Morgan fingerprint density at radius 1 is 1.00 bits per heavy atom. The highest BCUT2D eigenvalue weighted by molar-refractivity contribution is 7.70. The monoisotopic (exact) mass is 535 g/mol. The summed E-state index contributed by atoms with van der Waals surface area (Å²) in [6.45, 7) is 6.87. The van der Waals surface area contributed by atoms with Gasteiger partial charge in [0.1, 0.15) is 12.2 Å². The number of aromatic nitrogens is 2. The van der Waals surface area contributed by atoms with Crippen molar-refractivity contribution < 1.29 is 4.57 Å². The van der Waals surface area contributed by atoms with E-state index in [1.165, 1.54) is 43.4 Å². The zero-order valence-electron chi connectivity index (χ0n) is 21.8. The van der Waals surface area contributed by atoms with Gasteiger partial charge in [-0.3, -0.25) is 4.90 Å². The summed E-state index contributed by atoms with van der Waals surface area (Å²) in [6.07, 6.45) is 9.22. The molecule has 0 unspecified atom stereocenters. The first-order valence-electron chi connectivity index (χ1n) is 13.3. The maximum Gasteiger partial charge on any atom is 0.229 e. The Morgan fingerprint density at radius 2 is 1.78 bits per heavy atom. The van der Waals surface area contributed by atoms with Gasteiger partial charge in [-0.05, 0) is 100 Å². The molecule has 3 heterocycles. The predicted octanol–water partition coefficient (Wildman–Crippen LogP) is 6.52. The number of fused-ring (bicyclic) bond motifs is 2. The highest BCUT2D eigenvalue weighted by Gasteiger charge is 2.45. The second-order valence-electron chi connectivity index (χ2n) is 11.4. The van der Waals surface area contributed by atoms with Gasteiger partial charge in [-0.15, -0.1) is 0 Å². The minimum atomic E-state index is -2.50. The van der Waals surface area contributed by atoms with Gasteiger partial charge >= 0.3 is 0 Å². The molecule has 194 valence electrons. The maximum absolute atomic E-state index is 12.9. The van der Waals surface area contributed by atoms with Crippen LogP contribution in [0.2, 0.25) is 5.02 Å². The molecular formula is C29H35ClN5OP. The lowest BCUT2D eigenvalue weighted by atomic mass is 9.86. The van der Waals surface area contributed by atoms with Crippen molar-refractivity contribution >= 4 is 47.2 Å². The average Bonchev–Trinajstić information content (AvgIpc) is 3.38. The van der Waals surface area contributed by atoms with Crippen molar-refractivity contribution in [1.29, 1.82) is 0 Å². The number of hydrogen-bond donors (Lipinski definition) is 2. The van der Waals surface area contributed by atoms with Gasteiger partial charge < -0.3 is 15.2 Å². The van der Waals surface area contributed by atoms with E-state index in [0.29, 0.717) is 16.8 Å². The van der Waals surface area contributed by atoms with Gasteiger partial charge in [-0.1, -0.05) is 29.3 Å². The maximum atomic E-state index is 12.9. The van der Waals surface area contributed by atoms with Crippen LogP contribution < -0.4 is 15.9 Å². The Hall–Kier alpha value is -2.40. The molecule has 1 atom stereocenters. The van der Waals surface area contributed by atoms with E-state index in [4.69, 9.17) is 11.6 Å². The SMILES string of the molecule is Cc1ccc(Nc2nc(Nc3ccc4c(c3)CC[C@H](N3CC5CC3C5)CC4)ncc2Cl)c(P(C)(C)=O)c1. The zero-order chi connectivity index (χ0) is 25.7. The van der Waals surface area contributed by atoms with E-state index in [0.717, 1.165) is 53.1 Å². The molecule has 0 amide bonds. The van der Waals surface area contributed by atoms with Crippen molar-refractivity contribution in [3.8, 4) is 0 Å². The number of nitrogens with one attached hydrogen (secondary N) is 2. The summed E-state index contributed by atoms with van der Waals surface area (Å²) in [5.41, 5.74) is 5.69. The quantitative estimate of drug-likeness (QED) is 0.277. The second kappa shape index (κ2) is 9.72. The minimum absolute atomic E-state index is 0.409. The van der Waals surface area contributed by atoms with Crippen LogP contribution in [-0.2, 0) is 17.4 Å². The Morgan fingerprint density at radius 3 is 2.51 bits per heavy atom. The Balaban J connectivity index is 1.18. The molecule has 2 aliphatic carbocycles. The second-order valence-corrected chi connectivity index (χ2v) is 15.0. The molecule has 2 saturated heterocycles. The van der Waals surface area contributed by atoms with Crippen LogP contribution in [0.25, 0.3) is 0 Å². The summed E-state index contributed by atoms with van der Waals surface area (Å²) >= 11 is 6.45. The first-order chi connectivity index (χ1) is 17.7. The van der Waals surface area contributed by atoms with Crippen molar-refractivity contribution in [3.63, 3.8) is 0 Å². The number of anilines is 4. The van der Waals surface area contributed by atoms with Crippen molar-refractivity contribution in [3.05, 3.63) is 64.3 Å². The van der Waals surface area contributed by atoms with E-state index in [-0.39, 0.29) is 0 Å². The Kier molecular flexibility index (Phi) is 6.55. The van der Waals surface area contributed by atoms with Gasteiger partial charge in [-0.2, -0.15) is 4.98 Å². The molecule has 6 nitrogen and oxygen atoms in total. The standard InChI is InChI=1S/C29H35ClN5OP/c1-18-4-11-26(27(12-18)37(2,3)36)33-28-25(30)16-31-29(34-28)32-22-8-5-20-6-9-23(10-7-21(20)15-22)35-17-19-13-24(35)14-19/h4-5,8,11-12,15-16,19,23-24H,6-7,9-10,13-14,17H2,1-3H3,(H2,31,32,33,34)/t19?,23-,24?/m1/s1. The summed E-state index contributed by atoms with van der Waals surface area (Å²) in [5, 5.41) is 7.87. The lowest BCUT2D eigenvalue weighted by molar-refractivity contribution is 0.170. The summed E-state index contributed by atoms with van der Waals surface area (Å²) in [6, 6.07) is 14.1. The van der Waals surface area contributed by atoms with Crippen LogP contribution in [0.5, 0.6) is 0 Å². The summed E-state index contributed by atoms with van der Waals surface area (Å²) in [7, 11) is -2.50. The van der Waals surface area contributed by atoms with Crippen LogP contribution in [0.4, 0.5) is 23.1 Å². The zero-order valence-corrected chi connectivity index (χ0v) is 23.4. The molecule has 4 aliphatic rings. The van der Waals surface area contributed by atoms with Gasteiger partial charge in [0.05, 0.1) is 11.9 Å². The number of aryl methyl sites for hydroxylation is 3. The Labute approximate surface area is 224 Å². The van der Waals surface area contributed by atoms with E-state index < -0.39 is 7.14 Å². The van der Waals surface area contributed by atoms with Crippen molar-refractivity contribution in [2.24, 2.45) is 5.92 Å². The third kappa shape index (κ3) is 5.16. The lowest BCUT2D eigenvalue weighted by Gasteiger charge is -2.32. The number of rotatable bonds is 6. The van der Waals surface area contributed by atoms with Crippen LogP contribution in [0, 0.1) is 12.8 Å². The highest BCUT2D eigenvalue weighted by Crippen LogP contribution is 2.44. The van der Waals surface area contributed by atoms with E-state index in [9.17, 15) is 4.57 Å². The van der Waals surface area contributed by atoms with Gasteiger partial charge in [0, 0.05) is 29.6 Å². The molecule has 2 aromatic carbocycles. The highest BCUT2D eigenvalue weighted by atomic mass is 35.5. The van der Waals surface area contributed by atoms with E-state index in [2.05, 4.69) is 43.7 Å². The van der Waals surface area contributed by atoms with Gasteiger partial charge in [0.25, 0.3) is 0 Å². The van der Waals surface area contributed by atoms with Crippen LogP contribution in [-0.4, -0.2) is 46.8 Å². The summed E-state index contributed by atoms with van der Waals surface area (Å²) in [5.74, 6) is 1.93. The molecule has 0 spiro atoms. The molecule has 3 aromatic rings. The number of hydrogen-bond acceptors (Lipinski definition) is 6. The molecule has 2 aliphatic heterocycles. The molecule has 2 bridgehead atoms. The first-order valence-corrected chi connectivity index (χ1v) is 16.3. The molecule has 1 saturated carbocycles. The topological polar surface area (TPSA) is 70.2 Å². The molecule has 7 rings (SSSR count).